The van der Waals surface area contributed by atoms with E-state index in [4.69, 9.17) is 0 Å². The molecule has 0 saturated heterocycles. The maximum absolute atomic E-state index is 15.2. The predicted octanol–water partition coefficient (Wildman–Crippen LogP) is 5.19. The Morgan fingerprint density at radius 1 is 1.25 bits per heavy atom. The molecule has 4 aromatic rings. The first-order valence-corrected chi connectivity index (χ1v) is 13.3. The molecule has 1 aromatic carbocycles. The van der Waals surface area contributed by atoms with Crippen molar-refractivity contribution in [2.45, 2.75) is 13.3 Å². The Kier molecular flexibility index (Phi) is 5.92. The molecule has 3 N–H and O–H groups in total. The van der Waals surface area contributed by atoms with Crippen molar-refractivity contribution in [1.29, 1.82) is 0 Å². The highest BCUT2D eigenvalue weighted by Crippen LogP contribution is 2.41. The predicted molar refractivity (Wildman–Crippen MR) is 137 cm³/mol. The molecule has 8 nitrogen and oxygen atoms in total. The van der Waals surface area contributed by atoms with Crippen LogP contribution >= 0.6 is 11.3 Å². The van der Waals surface area contributed by atoms with E-state index in [0.29, 0.717) is 28.7 Å². The van der Waals surface area contributed by atoms with Gasteiger partial charge in [-0.1, -0.05) is 13.5 Å². The highest BCUT2D eigenvalue weighted by Gasteiger charge is 2.26. The minimum Gasteiger partial charge on any atom is -0.346 e. The highest BCUT2D eigenvalue weighted by atomic mass is 32.2. The number of hydrogen-bond acceptors (Lipinski definition) is 7. The smallest absolute Gasteiger partial charge is 0.232 e. The second-order valence-electron chi connectivity index (χ2n) is 8.07. The molecule has 36 heavy (non-hydrogen) atoms. The zero-order chi connectivity index (χ0) is 25.6. The van der Waals surface area contributed by atoms with Gasteiger partial charge in [-0.25, -0.2) is 27.2 Å². The molecule has 0 bridgehead atoms. The Labute approximate surface area is 208 Å². The minimum atomic E-state index is -3.85. The number of aromatic nitrogens is 2. The molecule has 0 fully saturated rings. The first-order chi connectivity index (χ1) is 17.2. The summed E-state index contributed by atoms with van der Waals surface area (Å²) in [6.07, 6.45) is 4.80. The Hall–Kier alpha value is -3.90. The van der Waals surface area contributed by atoms with Crippen LogP contribution < -0.4 is 10.0 Å². The average Bonchev–Trinajstić information content (AvgIpc) is 3.45. The van der Waals surface area contributed by atoms with Crippen molar-refractivity contribution < 1.29 is 22.0 Å². The second kappa shape index (κ2) is 8.95. The quantitative estimate of drug-likeness (QED) is 0.286. The summed E-state index contributed by atoms with van der Waals surface area (Å²) < 4.78 is 56.2. The molecule has 4 heterocycles. The van der Waals surface area contributed by atoms with Crippen LogP contribution in [0.2, 0.25) is 0 Å². The lowest BCUT2D eigenvalue weighted by molar-refractivity contribution is 0.103. The number of H-pyrrole nitrogens is 1. The van der Waals surface area contributed by atoms with Gasteiger partial charge in [0.15, 0.2) is 5.82 Å². The van der Waals surface area contributed by atoms with Gasteiger partial charge in [-0.3, -0.25) is 9.52 Å². The number of sulfonamides is 1. The minimum absolute atomic E-state index is 0.00358. The molecule has 1 aliphatic rings. The van der Waals surface area contributed by atoms with E-state index in [1.54, 1.807) is 25.5 Å². The first-order valence-electron chi connectivity index (χ1n) is 10.8. The van der Waals surface area contributed by atoms with Crippen LogP contribution in [-0.2, 0) is 10.0 Å². The monoisotopic (exact) mass is 527 g/mol. The highest BCUT2D eigenvalue weighted by molar-refractivity contribution is 7.92. The average molecular weight is 528 g/mol. The van der Waals surface area contributed by atoms with Crippen LogP contribution in [0.1, 0.15) is 34.8 Å². The number of thiophene rings is 1. The number of aromatic amines is 1. The lowest BCUT2D eigenvalue weighted by Gasteiger charge is -2.11. The van der Waals surface area contributed by atoms with Gasteiger partial charge >= 0.3 is 0 Å². The van der Waals surface area contributed by atoms with Crippen molar-refractivity contribution in [1.82, 2.24) is 15.3 Å². The Morgan fingerprint density at radius 3 is 2.81 bits per heavy atom. The number of pyridine rings is 1. The van der Waals surface area contributed by atoms with Crippen molar-refractivity contribution in [3.63, 3.8) is 0 Å². The van der Waals surface area contributed by atoms with Crippen LogP contribution in [0.3, 0.4) is 0 Å². The van der Waals surface area contributed by atoms with E-state index < -0.39 is 38.7 Å². The SMILES string of the molecule is C=C1NC=Nc2sc(-c3cnc4[nH]cc(C(=O)c5c(F)ccc(NS(=O)(=O)CCC)c5F)c4c3)cc21. The van der Waals surface area contributed by atoms with Crippen LogP contribution in [0.5, 0.6) is 0 Å². The molecule has 0 spiro atoms. The van der Waals surface area contributed by atoms with Crippen molar-refractivity contribution >= 4 is 60.9 Å². The summed E-state index contributed by atoms with van der Waals surface area (Å²) in [6.45, 7) is 5.61. The van der Waals surface area contributed by atoms with E-state index in [0.717, 1.165) is 27.6 Å². The molecule has 0 radical (unpaired) electrons. The molecular weight excluding hydrogens is 508 g/mol. The number of anilines is 1. The molecule has 0 aliphatic carbocycles. The van der Waals surface area contributed by atoms with Crippen molar-refractivity contribution in [3.8, 4) is 10.4 Å². The normalized spacial score (nSPS) is 13.0. The zero-order valence-corrected chi connectivity index (χ0v) is 20.5. The van der Waals surface area contributed by atoms with Crippen LogP contribution in [0.25, 0.3) is 27.2 Å². The van der Waals surface area contributed by atoms with Gasteiger partial charge in [0, 0.05) is 45.0 Å². The van der Waals surface area contributed by atoms with E-state index in [2.05, 4.69) is 31.6 Å². The molecule has 12 heteroatoms. The van der Waals surface area contributed by atoms with Crippen LogP contribution in [0.15, 0.2) is 48.2 Å². The number of nitrogens with zero attached hydrogens (tertiary/aromatic N) is 2. The van der Waals surface area contributed by atoms with Gasteiger partial charge in [-0.05, 0) is 30.7 Å². The number of benzene rings is 1. The Bertz CT molecular complexity index is 1690. The maximum atomic E-state index is 15.2. The van der Waals surface area contributed by atoms with E-state index in [1.165, 1.54) is 17.5 Å². The molecule has 184 valence electrons. The summed E-state index contributed by atoms with van der Waals surface area (Å²) >= 11 is 1.41. The van der Waals surface area contributed by atoms with Crippen LogP contribution in [-0.4, -0.2) is 36.3 Å². The molecule has 0 atom stereocenters. The number of carbonyl (C=O) groups excluding carboxylic acids is 1. The number of ketones is 1. The molecule has 0 saturated carbocycles. The Morgan fingerprint density at radius 2 is 2.06 bits per heavy atom. The third kappa shape index (κ3) is 4.18. The van der Waals surface area contributed by atoms with Gasteiger partial charge < -0.3 is 10.3 Å². The molecule has 5 rings (SSSR count). The first kappa shape index (κ1) is 23.8. The van der Waals surface area contributed by atoms with Gasteiger partial charge in [0.25, 0.3) is 0 Å². The van der Waals surface area contributed by atoms with Gasteiger partial charge in [0.1, 0.15) is 16.5 Å². The molecule has 0 unspecified atom stereocenters. The summed E-state index contributed by atoms with van der Waals surface area (Å²) in [5.41, 5.74) is 1.22. The lowest BCUT2D eigenvalue weighted by Crippen LogP contribution is -2.18. The number of halogens is 2. The number of rotatable bonds is 7. The lowest BCUT2D eigenvalue weighted by atomic mass is 10.0. The van der Waals surface area contributed by atoms with Crippen LogP contribution in [0.4, 0.5) is 19.5 Å². The van der Waals surface area contributed by atoms with Crippen molar-refractivity contribution in [2.24, 2.45) is 4.99 Å². The molecule has 1 aliphatic heterocycles. The number of carbonyl (C=O) groups is 1. The third-order valence-corrected chi connectivity index (χ3v) is 8.14. The summed E-state index contributed by atoms with van der Waals surface area (Å²) in [4.78, 5) is 25.6. The van der Waals surface area contributed by atoms with E-state index >= 15 is 4.39 Å². The van der Waals surface area contributed by atoms with Gasteiger partial charge in [-0.15, -0.1) is 11.3 Å². The summed E-state index contributed by atoms with van der Waals surface area (Å²) in [7, 11) is -3.85. The van der Waals surface area contributed by atoms with Crippen molar-refractivity contribution in [2.75, 3.05) is 10.5 Å². The van der Waals surface area contributed by atoms with Gasteiger partial charge in [0.2, 0.25) is 15.8 Å². The largest absolute Gasteiger partial charge is 0.346 e. The fourth-order valence-corrected chi connectivity index (χ4v) is 6.01. The van der Waals surface area contributed by atoms with Crippen LogP contribution in [0, 0.1) is 11.6 Å². The number of fused-ring (bicyclic) bond motifs is 2. The number of aliphatic imine (C=N–C) groups is 1. The molecule has 0 amide bonds. The Balaban J connectivity index is 1.56. The topological polar surface area (TPSA) is 116 Å². The van der Waals surface area contributed by atoms with E-state index in [9.17, 15) is 17.6 Å². The fraction of sp³-hybridized carbons (Fsp3) is 0.125. The van der Waals surface area contributed by atoms with Gasteiger partial charge in [0.05, 0.1) is 23.3 Å². The van der Waals surface area contributed by atoms with Gasteiger partial charge in [-0.2, -0.15) is 0 Å². The van der Waals surface area contributed by atoms with E-state index in [1.807, 2.05) is 6.07 Å². The second-order valence-corrected chi connectivity index (χ2v) is 10.9. The molecule has 3 aromatic heterocycles. The molecular formula is C24H19F2N5O3S2. The maximum Gasteiger partial charge on any atom is 0.232 e. The standard InChI is InChI=1S/C24H19F2N5O3S2/c1-3-6-36(33,34)31-18-5-4-17(25)20(21(18)26)22(32)16-10-28-23-15(16)7-13(9-27-23)19-8-14-12(2)29-11-30-24(14)35-19/h4-5,7-11,31H,2-3,6H2,1H3,(H,27,28)(H,29,30). The fourth-order valence-electron chi connectivity index (χ4n) is 3.87. The van der Waals surface area contributed by atoms with E-state index in [-0.39, 0.29) is 11.3 Å². The number of hydrogen-bond donors (Lipinski definition) is 3. The summed E-state index contributed by atoms with van der Waals surface area (Å²) in [5, 5.41) is 4.08. The third-order valence-electron chi connectivity index (χ3n) is 5.57. The zero-order valence-electron chi connectivity index (χ0n) is 18.9. The summed E-state index contributed by atoms with van der Waals surface area (Å²) in [5.74, 6) is -3.58. The summed E-state index contributed by atoms with van der Waals surface area (Å²) in [6, 6.07) is 5.41. The number of nitrogens with one attached hydrogen (secondary N) is 3. The van der Waals surface area contributed by atoms with Crippen molar-refractivity contribution in [3.05, 3.63) is 71.6 Å².